The van der Waals surface area contributed by atoms with Gasteiger partial charge in [0.1, 0.15) is 4.90 Å². The lowest BCUT2D eigenvalue weighted by Crippen LogP contribution is -2.52. The number of hydrogen-bond donors (Lipinski definition) is 2. The van der Waals surface area contributed by atoms with Gasteiger partial charge in [-0.2, -0.15) is 0 Å². The average Bonchev–Trinajstić information content (AvgIpc) is 2.37. The molecule has 0 amide bonds. The third kappa shape index (κ3) is 3.52. The Kier molecular flexibility index (Phi) is 4.74. The van der Waals surface area contributed by atoms with Gasteiger partial charge >= 0.3 is 0 Å². The summed E-state index contributed by atoms with van der Waals surface area (Å²) in [5.74, 6) is 0. The molecule has 1 unspecified atom stereocenters. The van der Waals surface area contributed by atoms with Crippen molar-refractivity contribution in [1.82, 2.24) is 10.0 Å². The maximum atomic E-state index is 12.3. The third-order valence-electron chi connectivity index (χ3n) is 3.94. The van der Waals surface area contributed by atoms with Crippen molar-refractivity contribution < 1.29 is 8.42 Å². The summed E-state index contributed by atoms with van der Waals surface area (Å²) in [6, 6.07) is 6.62. The molecule has 2 N–H and O–H groups in total. The van der Waals surface area contributed by atoms with Crippen molar-refractivity contribution in [3.63, 3.8) is 0 Å². The molecule has 0 spiro atoms. The minimum atomic E-state index is -3.56. The first kappa shape index (κ1) is 15.8. The third-order valence-corrected chi connectivity index (χ3v) is 5.86. The monoisotopic (exact) mass is 316 g/mol. The first-order chi connectivity index (χ1) is 9.33. The molecule has 20 heavy (non-hydrogen) atoms. The van der Waals surface area contributed by atoms with Crippen molar-refractivity contribution in [3.05, 3.63) is 29.3 Å². The van der Waals surface area contributed by atoms with E-state index in [0.717, 1.165) is 19.4 Å². The van der Waals surface area contributed by atoms with E-state index in [9.17, 15) is 8.42 Å². The minimum Gasteiger partial charge on any atom is -0.312 e. The molecule has 0 aromatic heterocycles. The minimum absolute atomic E-state index is 0.0846. The standard InChI is InChI=1S/C14H21ClN2O2S/c1-14(2)8-5-9-16-13(14)10-17-20(18,19)12-7-4-3-6-11(12)15/h3-4,6-7,13,16-17H,5,8-10H2,1-2H3. The van der Waals surface area contributed by atoms with Crippen LogP contribution in [-0.2, 0) is 10.0 Å². The summed E-state index contributed by atoms with van der Waals surface area (Å²) in [5, 5.41) is 3.63. The molecule has 1 atom stereocenters. The van der Waals surface area contributed by atoms with Gasteiger partial charge in [-0.25, -0.2) is 13.1 Å². The van der Waals surface area contributed by atoms with Crippen molar-refractivity contribution in [2.24, 2.45) is 5.41 Å². The van der Waals surface area contributed by atoms with E-state index < -0.39 is 10.0 Å². The summed E-state index contributed by atoms with van der Waals surface area (Å²) < 4.78 is 27.2. The molecule has 0 radical (unpaired) electrons. The average molecular weight is 317 g/mol. The number of hydrogen-bond acceptors (Lipinski definition) is 3. The maximum Gasteiger partial charge on any atom is 0.242 e. The number of nitrogens with one attached hydrogen (secondary N) is 2. The molecule has 1 fully saturated rings. The number of sulfonamides is 1. The summed E-state index contributed by atoms with van der Waals surface area (Å²) in [6.07, 6.45) is 2.22. The van der Waals surface area contributed by atoms with Crippen LogP contribution in [0.15, 0.2) is 29.2 Å². The van der Waals surface area contributed by atoms with Crippen LogP contribution in [-0.4, -0.2) is 27.5 Å². The van der Waals surface area contributed by atoms with Gasteiger partial charge in [-0.15, -0.1) is 0 Å². The highest BCUT2D eigenvalue weighted by atomic mass is 35.5. The van der Waals surface area contributed by atoms with Crippen LogP contribution in [0.5, 0.6) is 0 Å². The summed E-state index contributed by atoms with van der Waals surface area (Å²) in [5.41, 5.74) is 0.0846. The summed E-state index contributed by atoms with van der Waals surface area (Å²) in [4.78, 5) is 0.135. The van der Waals surface area contributed by atoms with Gasteiger partial charge in [0, 0.05) is 12.6 Å². The van der Waals surface area contributed by atoms with Crippen LogP contribution < -0.4 is 10.0 Å². The largest absolute Gasteiger partial charge is 0.312 e. The molecular weight excluding hydrogens is 296 g/mol. The van der Waals surface area contributed by atoms with Gasteiger partial charge in [-0.1, -0.05) is 37.6 Å². The van der Waals surface area contributed by atoms with E-state index >= 15 is 0 Å². The van der Waals surface area contributed by atoms with E-state index in [1.165, 1.54) is 6.07 Å². The van der Waals surface area contributed by atoms with Crippen LogP contribution in [0.25, 0.3) is 0 Å². The predicted molar refractivity (Wildman–Crippen MR) is 81.4 cm³/mol. The van der Waals surface area contributed by atoms with Crippen LogP contribution >= 0.6 is 11.6 Å². The number of piperidine rings is 1. The summed E-state index contributed by atoms with van der Waals surface area (Å²) in [6.45, 7) is 5.63. The van der Waals surface area contributed by atoms with Gasteiger partial charge in [0.15, 0.2) is 0 Å². The first-order valence-electron chi connectivity index (χ1n) is 6.80. The molecule has 1 aromatic carbocycles. The lowest BCUT2D eigenvalue weighted by molar-refractivity contribution is 0.181. The van der Waals surface area contributed by atoms with Crippen LogP contribution in [0.4, 0.5) is 0 Å². The van der Waals surface area contributed by atoms with Crippen LogP contribution in [0.2, 0.25) is 5.02 Å². The topological polar surface area (TPSA) is 58.2 Å². The van der Waals surface area contributed by atoms with Gasteiger partial charge in [0.25, 0.3) is 0 Å². The number of benzene rings is 1. The fourth-order valence-corrected chi connectivity index (χ4v) is 4.12. The molecule has 6 heteroatoms. The lowest BCUT2D eigenvalue weighted by Gasteiger charge is -2.39. The molecule has 2 rings (SSSR count). The predicted octanol–water partition coefficient (Wildman–Crippen LogP) is 2.40. The van der Waals surface area contributed by atoms with Crippen LogP contribution in [0.1, 0.15) is 26.7 Å². The van der Waals surface area contributed by atoms with Gasteiger partial charge < -0.3 is 5.32 Å². The number of halogens is 1. The Hall–Kier alpha value is -0.620. The van der Waals surface area contributed by atoms with E-state index in [1.54, 1.807) is 18.2 Å². The van der Waals surface area contributed by atoms with Gasteiger partial charge in [0.05, 0.1) is 5.02 Å². The van der Waals surface area contributed by atoms with E-state index in [-0.39, 0.29) is 21.4 Å². The fourth-order valence-electron chi connectivity index (χ4n) is 2.55. The Labute approximate surface area is 126 Å². The molecule has 1 aliphatic heterocycles. The summed E-state index contributed by atoms with van der Waals surface area (Å²) in [7, 11) is -3.56. The second-order valence-corrected chi connectivity index (χ2v) is 8.02. The Balaban J connectivity index is 2.08. The molecule has 0 aliphatic carbocycles. The van der Waals surface area contributed by atoms with Crippen molar-refractivity contribution >= 4 is 21.6 Å². The lowest BCUT2D eigenvalue weighted by atomic mass is 9.78. The van der Waals surface area contributed by atoms with Crippen LogP contribution in [0, 0.1) is 5.41 Å². The molecule has 4 nitrogen and oxygen atoms in total. The zero-order valence-corrected chi connectivity index (χ0v) is 13.4. The molecule has 1 saturated heterocycles. The highest BCUT2D eigenvalue weighted by molar-refractivity contribution is 7.89. The number of rotatable bonds is 4. The van der Waals surface area contributed by atoms with E-state index in [2.05, 4.69) is 23.9 Å². The zero-order chi connectivity index (χ0) is 14.8. The molecule has 112 valence electrons. The van der Waals surface area contributed by atoms with Crippen molar-refractivity contribution in [2.75, 3.05) is 13.1 Å². The smallest absolute Gasteiger partial charge is 0.242 e. The molecule has 1 aliphatic rings. The van der Waals surface area contributed by atoms with Crippen molar-refractivity contribution in [2.45, 2.75) is 37.6 Å². The highest BCUT2D eigenvalue weighted by Crippen LogP contribution is 2.30. The zero-order valence-electron chi connectivity index (χ0n) is 11.8. The first-order valence-corrected chi connectivity index (χ1v) is 8.67. The van der Waals surface area contributed by atoms with Crippen LogP contribution in [0.3, 0.4) is 0 Å². The van der Waals surface area contributed by atoms with E-state index in [0.29, 0.717) is 6.54 Å². The quantitative estimate of drug-likeness (QED) is 0.896. The molecule has 0 bridgehead atoms. The van der Waals surface area contributed by atoms with Crippen molar-refractivity contribution in [3.8, 4) is 0 Å². The highest BCUT2D eigenvalue weighted by Gasteiger charge is 2.32. The van der Waals surface area contributed by atoms with Gasteiger partial charge in [-0.3, -0.25) is 0 Å². The Morgan fingerprint density at radius 1 is 1.40 bits per heavy atom. The Bertz CT molecular complexity index is 572. The normalized spacial score (nSPS) is 22.6. The van der Waals surface area contributed by atoms with E-state index in [1.807, 2.05) is 0 Å². The summed E-state index contributed by atoms with van der Waals surface area (Å²) >= 11 is 5.95. The second kappa shape index (κ2) is 6.02. The molecule has 0 saturated carbocycles. The fraction of sp³-hybridized carbons (Fsp3) is 0.571. The van der Waals surface area contributed by atoms with Gasteiger partial charge in [0.2, 0.25) is 10.0 Å². The Morgan fingerprint density at radius 2 is 2.10 bits per heavy atom. The van der Waals surface area contributed by atoms with E-state index in [4.69, 9.17) is 11.6 Å². The van der Waals surface area contributed by atoms with Gasteiger partial charge in [-0.05, 0) is 36.9 Å². The Morgan fingerprint density at radius 3 is 2.75 bits per heavy atom. The molecule has 1 aromatic rings. The van der Waals surface area contributed by atoms with Crippen molar-refractivity contribution in [1.29, 1.82) is 0 Å². The SMILES string of the molecule is CC1(C)CCCNC1CNS(=O)(=O)c1ccccc1Cl. The second-order valence-electron chi connectivity index (χ2n) is 5.88. The molecule has 1 heterocycles. The maximum absolute atomic E-state index is 12.3. The molecular formula is C14H21ClN2O2S.